The molecule has 1 aliphatic rings. The van der Waals surface area contributed by atoms with Crippen molar-refractivity contribution in [1.29, 1.82) is 0 Å². The van der Waals surface area contributed by atoms with Gasteiger partial charge < -0.3 is 10.2 Å². The molecule has 0 spiro atoms. The fraction of sp³-hybridized carbons (Fsp3) is 0.357. The van der Waals surface area contributed by atoms with Gasteiger partial charge in [0.1, 0.15) is 0 Å². The summed E-state index contributed by atoms with van der Waals surface area (Å²) in [6.07, 6.45) is 3.04. The summed E-state index contributed by atoms with van der Waals surface area (Å²) < 4.78 is 0. The van der Waals surface area contributed by atoms with Crippen LogP contribution in [0.2, 0.25) is 5.02 Å². The number of rotatable bonds is 2. The van der Waals surface area contributed by atoms with E-state index in [1.807, 2.05) is 18.3 Å². The maximum atomic E-state index is 6.01. The van der Waals surface area contributed by atoms with E-state index in [2.05, 4.69) is 34.4 Å². The fourth-order valence-corrected chi connectivity index (χ4v) is 2.75. The van der Waals surface area contributed by atoms with E-state index in [1.54, 1.807) is 0 Å². The van der Waals surface area contributed by atoms with E-state index in [0.29, 0.717) is 6.04 Å². The average Bonchev–Trinajstić information content (AvgIpc) is 2.90. The van der Waals surface area contributed by atoms with Crippen LogP contribution in [0.3, 0.4) is 0 Å². The van der Waals surface area contributed by atoms with E-state index in [1.165, 1.54) is 12.1 Å². The molecule has 1 aromatic carbocycles. The maximum Gasteiger partial charge on any atom is 0.0737 e. The molecule has 94 valence electrons. The van der Waals surface area contributed by atoms with Crippen LogP contribution in [0.5, 0.6) is 0 Å². The Morgan fingerprint density at radius 2 is 2.28 bits per heavy atom. The van der Waals surface area contributed by atoms with Gasteiger partial charge >= 0.3 is 0 Å². The van der Waals surface area contributed by atoms with Gasteiger partial charge in [-0.05, 0) is 37.2 Å². The molecule has 0 aliphatic carbocycles. The Bertz CT molecular complexity index is 564. The lowest BCUT2D eigenvalue weighted by atomic mass is 10.1. The van der Waals surface area contributed by atoms with Crippen LogP contribution >= 0.6 is 11.6 Å². The summed E-state index contributed by atoms with van der Waals surface area (Å²) in [6.45, 7) is 2.15. The summed E-state index contributed by atoms with van der Waals surface area (Å²) in [4.78, 5) is 6.73. The zero-order valence-corrected chi connectivity index (χ0v) is 11.1. The van der Waals surface area contributed by atoms with Crippen LogP contribution in [-0.2, 0) is 0 Å². The van der Waals surface area contributed by atoms with Gasteiger partial charge in [0.05, 0.1) is 5.52 Å². The number of nitrogens with one attached hydrogen (secondary N) is 1. The minimum atomic E-state index is 0.561. The summed E-state index contributed by atoms with van der Waals surface area (Å²) in [7, 11) is 2.15. The van der Waals surface area contributed by atoms with Crippen LogP contribution in [0.15, 0.2) is 30.5 Å². The number of fused-ring (bicyclic) bond motifs is 1. The van der Waals surface area contributed by atoms with Gasteiger partial charge in [-0.25, -0.2) is 0 Å². The predicted molar refractivity (Wildman–Crippen MR) is 76.4 cm³/mol. The third-order valence-electron chi connectivity index (χ3n) is 3.64. The van der Waals surface area contributed by atoms with Crippen molar-refractivity contribution in [3.63, 3.8) is 0 Å². The van der Waals surface area contributed by atoms with Crippen LogP contribution in [-0.4, -0.2) is 31.2 Å². The minimum Gasteiger partial charge on any atom is -0.370 e. The SMILES string of the molecule is CN(c1ccnc2cc(Cl)ccc12)C1CCNC1. The van der Waals surface area contributed by atoms with Gasteiger partial charge in [0.25, 0.3) is 0 Å². The summed E-state index contributed by atoms with van der Waals surface area (Å²) in [5.41, 5.74) is 2.18. The third kappa shape index (κ3) is 2.04. The molecule has 0 radical (unpaired) electrons. The molecule has 1 aliphatic heterocycles. The first-order valence-corrected chi connectivity index (χ1v) is 6.61. The lowest BCUT2D eigenvalue weighted by molar-refractivity contribution is 0.687. The molecule has 1 unspecified atom stereocenters. The van der Waals surface area contributed by atoms with Crippen molar-refractivity contribution in [2.24, 2.45) is 0 Å². The highest BCUT2D eigenvalue weighted by Crippen LogP contribution is 2.28. The van der Waals surface area contributed by atoms with Crippen molar-refractivity contribution >= 4 is 28.2 Å². The molecule has 1 fully saturated rings. The molecular formula is C14H16ClN3. The Morgan fingerprint density at radius 3 is 3.06 bits per heavy atom. The second-order valence-corrected chi connectivity index (χ2v) is 5.19. The van der Waals surface area contributed by atoms with E-state index in [-0.39, 0.29) is 0 Å². The topological polar surface area (TPSA) is 28.2 Å². The number of halogens is 1. The first-order valence-electron chi connectivity index (χ1n) is 6.23. The first kappa shape index (κ1) is 11.8. The van der Waals surface area contributed by atoms with Gasteiger partial charge in [-0.15, -0.1) is 0 Å². The second-order valence-electron chi connectivity index (χ2n) is 4.75. The monoisotopic (exact) mass is 261 g/mol. The zero-order valence-electron chi connectivity index (χ0n) is 10.4. The minimum absolute atomic E-state index is 0.561. The number of pyridine rings is 1. The first-order chi connectivity index (χ1) is 8.75. The van der Waals surface area contributed by atoms with Crippen molar-refractivity contribution < 1.29 is 0 Å². The van der Waals surface area contributed by atoms with Crippen LogP contribution in [0.25, 0.3) is 10.9 Å². The molecule has 2 aromatic rings. The van der Waals surface area contributed by atoms with Crippen LogP contribution in [0.1, 0.15) is 6.42 Å². The molecule has 2 heterocycles. The van der Waals surface area contributed by atoms with Crippen molar-refractivity contribution in [3.8, 4) is 0 Å². The van der Waals surface area contributed by atoms with Crippen LogP contribution in [0.4, 0.5) is 5.69 Å². The van der Waals surface area contributed by atoms with Gasteiger partial charge in [-0.3, -0.25) is 4.98 Å². The Labute approximate surface area is 112 Å². The number of anilines is 1. The largest absolute Gasteiger partial charge is 0.370 e. The fourth-order valence-electron chi connectivity index (χ4n) is 2.58. The van der Waals surface area contributed by atoms with Crippen molar-refractivity contribution in [2.45, 2.75) is 12.5 Å². The molecule has 0 bridgehead atoms. The molecular weight excluding hydrogens is 246 g/mol. The smallest absolute Gasteiger partial charge is 0.0737 e. The van der Waals surface area contributed by atoms with Gasteiger partial charge in [-0.1, -0.05) is 11.6 Å². The molecule has 1 aromatic heterocycles. The standard InChI is InChI=1S/C14H16ClN3/c1-18(11-4-6-16-9-11)14-5-7-17-13-8-10(15)2-3-12(13)14/h2-3,5,7-8,11,16H,4,6,9H2,1H3. The summed E-state index contributed by atoms with van der Waals surface area (Å²) >= 11 is 6.01. The Balaban J connectivity index is 2.05. The lowest BCUT2D eigenvalue weighted by Crippen LogP contribution is -2.33. The summed E-state index contributed by atoms with van der Waals surface area (Å²) in [5, 5.41) is 5.30. The van der Waals surface area contributed by atoms with Gasteiger partial charge in [-0.2, -0.15) is 0 Å². The molecule has 3 rings (SSSR count). The van der Waals surface area contributed by atoms with Crippen LogP contribution in [0, 0.1) is 0 Å². The number of nitrogens with zero attached hydrogens (tertiary/aromatic N) is 2. The highest BCUT2D eigenvalue weighted by molar-refractivity contribution is 6.31. The van der Waals surface area contributed by atoms with E-state index in [9.17, 15) is 0 Å². The average molecular weight is 262 g/mol. The molecule has 4 heteroatoms. The van der Waals surface area contributed by atoms with Crippen molar-refractivity contribution in [1.82, 2.24) is 10.3 Å². The summed E-state index contributed by atoms with van der Waals surface area (Å²) in [6, 6.07) is 8.54. The van der Waals surface area contributed by atoms with Gasteiger partial charge in [0.2, 0.25) is 0 Å². The quantitative estimate of drug-likeness (QED) is 0.901. The predicted octanol–water partition coefficient (Wildman–Crippen LogP) is 2.69. The molecule has 3 nitrogen and oxygen atoms in total. The summed E-state index contributed by atoms with van der Waals surface area (Å²) in [5.74, 6) is 0. The Morgan fingerprint density at radius 1 is 1.39 bits per heavy atom. The van der Waals surface area contributed by atoms with Crippen molar-refractivity contribution in [2.75, 3.05) is 25.0 Å². The highest BCUT2D eigenvalue weighted by Gasteiger charge is 2.20. The van der Waals surface area contributed by atoms with Gasteiger partial charge in [0.15, 0.2) is 0 Å². The number of aromatic nitrogens is 1. The number of hydrogen-bond donors (Lipinski definition) is 1. The maximum absolute atomic E-state index is 6.01. The molecule has 1 atom stereocenters. The molecule has 18 heavy (non-hydrogen) atoms. The normalized spacial score (nSPS) is 19.3. The zero-order chi connectivity index (χ0) is 12.5. The highest BCUT2D eigenvalue weighted by atomic mass is 35.5. The number of hydrogen-bond acceptors (Lipinski definition) is 3. The Hall–Kier alpha value is -1.32. The van der Waals surface area contributed by atoms with E-state index in [4.69, 9.17) is 11.6 Å². The number of benzene rings is 1. The second kappa shape index (κ2) is 4.75. The molecule has 1 saturated heterocycles. The van der Waals surface area contributed by atoms with Crippen molar-refractivity contribution in [3.05, 3.63) is 35.5 Å². The third-order valence-corrected chi connectivity index (χ3v) is 3.88. The van der Waals surface area contributed by atoms with Crippen LogP contribution < -0.4 is 10.2 Å². The van der Waals surface area contributed by atoms with E-state index in [0.717, 1.165) is 29.0 Å². The Kier molecular flexibility index (Phi) is 3.10. The van der Waals surface area contributed by atoms with Gasteiger partial charge in [0, 0.05) is 41.9 Å². The number of likely N-dealkylation sites (N-methyl/N-ethyl adjacent to an activating group) is 1. The molecule has 0 amide bonds. The lowest BCUT2D eigenvalue weighted by Gasteiger charge is -2.27. The molecule has 0 saturated carbocycles. The van der Waals surface area contributed by atoms with E-state index < -0.39 is 0 Å². The van der Waals surface area contributed by atoms with E-state index >= 15 is 0 Å². The molecule has 1 N–H and O–H groups in total.